The van der Waals surface area contributed by atoms with Gasteiger partial charge < -0.3 is 24.4 Å². The van der Waals surface area contributed by atoms with Crippen LogP contribution in [0.5, 0.6) is 0 Å². The lowest BCUT2D eigenvalue weighted by Crippen LogP contribution is -2.53. The SMILES string of the molecule is COCCN(CCNC(=O)C1Cn2cccc2C(=O)N1)Cc1ccco1. The molecule has 0 fully saturated rings. The molecular weight excluding hydrogens is 336 g/mol. The van der Waals surface area contributed by atoms with Crippen molar-refractivity contribution in [1.29, 1.82) is 0 Å². The summed E-state index contributed by atoms with van der Waals surface area (Å²) in [6.45, 7) is 3.57. The Morgan fingerprint density at radius 2 is 2.31 bits per heavy atom. The number of nitrogens with one attached hydrogen (secondary N) is 2. The van der Waals surface area contributed by atoms with E-state index in [1.54, 1.807) is 30.1 Å². The van der Waals surface area contributed by atoms with Gasteiger partial charge in [-0.3, -0.25) is 14.5 Å². The van der Waals surface area contributed by atoms with E-state index in [0.29, 0.717) is 38.5 Å². The predicted octanol–water partition coefficient (Wildman–Crippen LogP) is 0.458. The molecule has 8 heteroatoms. The fraction of sp³-hybridized carbons (Fsp3) is 0.444. The molecule has 1 atom stereocenters. The van der Waals surface area contributed by atoms with Gasteiger partial charge in [0.25, 0.3) is 5.91 Å². The molecule has 1 unspecified atom stereocenters. The molecule has 0 saturated heterocycles. The van der Waals surface area contributed by atoms with Crippen LogP contribution in [0.25, 0.3) is 0 Å². The lowest BCUT2D eigenvalue weighted by atomic mass is 10.2. The van der Waals surface area contributed by atoms with Gasteiger partial charge in [-0.1, -0.05) is 0 Å². The summed E-state index contributed by atoms with van der Waals surface area (Å²) in [7, 11) is 1.66. The molecule has 140 valence electrons. The van der Waals surface area contributed by atoms with Gasteiger partial charge in [-0.05, 0) is 24.3 Å². The van der Waals surface area contributed by atoms with E-state index in [-0.39, 0.29) is 11.8 Å². The highest BCUT2D eigenvalue weighted by Crippen LogP contribution is 2.10. The molecule has 0 aliphatic carbocycles. The minimum absolute atomic E-state index is 0.178. The van der Waals surface area contributed by atoms with E-state index >= 15 is 0 Å². The van der Waals surface area contributed by atoms with E-state index in [1.165, 1.54) is 0 Å². The van der Waals surface area contributed by atoms with E-state index < -0.39 is 6.04 Å². The van der Waals surface area contributed by atoms with Crippen LogP contribution < -0.4 is 10.6 Å². The second kappa shape index (κ2) is 8.68. The number of aromatic nitrogens is 1. The van der Waals surface area contributed by atoms with Gasteiger partial charge in [0.05, 0.1) is 26.0 Å². The van der Waals surface area contributed by atoms with Crippen molar-refractivity contribution >= 4 is 11.8 Å². The average molecular weight is 360 g/mol. The molecule has 1 aliphatic heterocycles. The average Bonchev–Trinajstić information content (AvgIpc) is 3.30. The van der Waals surface area contributed by atoms with Gasteiger partial charge in [0.15, 0.2) is 0 Å². The minimum Gasteiger partial charge on any atom is -0.468 e. The largest absolute Gasteiger partial charge is 0.468 e. The summed E-state index contributed by atoms with van der Waals surface area (Å²) in [4.78, 5) is 26.5. The molecule has 2 aromatic rings. The number of hydrogen-bond acceptors (Lipinski definition) is 5. The summed E-state index contributed by atoms with van der Waals surface area (Å²) in [5.74, 6) is 0.468. The number of nitrogens with zero attached hydrogens (tertiary/aromatic N) is 2. The van der Waals surface area contributed by atoms with Gasteiger partial charge in [-0.15, -0.1) is 0 Å². The fourth-order valence-corrected chi connectivity index (χ4v) is 2.98. The van der Waals surface area contributed by atoms with Gasteiger partial charge in [-0.2, -0.15) is 0 Å². The predicted molar refractivity (Wildman–Crippen MR) is 94.6 cm³/mol. The highest BCUT2D eigenvalue weighted by atomic mass is 16.5. The molecule has 8 nitrogen and oxygen atoms in total. The number of furan rings is 1. The number of carbonyl (C=O) groups excluding carboxylic acids is 2. The van der Waals surface area contributed by atoms with Crippen molar-refractivity contribution in [2.45, 2.75) is 19.1 Å². The minimum atomic E-state index is -0.556. The van der Waals surface area contributed by atoms with E-state index in [2.05, 4.69) is 15.5 Å². The first-order valence-electron chi connectivity index (χ1n) is 8.65. The highest BCUT2D eigenvalue weighted by Gasteiger charge is 2.28. The normalized spacial score (nSPS) is 16.4. The first kappa shape index (κ1) is 18.2. The second-order valence-electron chi connectivity index (χ2n) is 6.21. The Balaban J connectivity index is 1.47. The number of fused-ring (bicyclic) bond motifs is 1. The Morgan fingerprint density at radius 3 is 3.08 bits per heavy atom. The maximum atomic E-state index is 12.4. The Kier molecular flexibility index (Phi) is 6.08. The Bertz CT molecular complexity index is 725. The molecule has 3 rings (SSSR count). The lowest BCUT2D eigenvalue weighted by Gasteiger charge is -2.26. The molecule has 0 aromatic carbocycles. The first-order chi connectivity index (χ1) is 12.7. The maximum absolute atomic E-state index is 12.4. The highest BCUT2D eigenvalue weighted by molar-refractivity contribution is 5.97. The van der Waals surface area contributed by atoms with Crippen LogP contribution in [0, 0.1) is 0 Å². The third kappa shape index (κ3) is 4.53. The number of carbonyl (C=O) groups is 2. The van der Waals surface area contributed by atoms with Crippen molar-refractivity contribution in [2.75, 3.05) is 33.4 Å². The number of ether oxygens (including phenoxy) is 1. The molecule has 26 heavy (non-hydrogen) atoms. The van der Waals surface area contributed by atoms with E-state index in [4.69, 9.17) is 9.15 Å². The zero-order chi connectivity index (χ0) is 18.4. The summed E-state index contributed by atoms with van der Waals surface area (Å²) in [6.07, 6.45) is 3.46. The quantitative estimate of drug-likeness (QED) is 0.678. The summed E-state index contributed by atoms with van der Waals surface area (Å²) >= 11 is 0. The topological polar surface area (TPSA) is 88.7 Å². The molecule has 0 spiro atoms. The smallest absolute Gasteiger partial charge is 0.268 e. The van der Waals surface area contributed by atoms with Crippen molar-refractivity contribution in [3.8, 4) is 0 Å². The molecule has 2 amide bonds. The zero-order valence-electron chi connectivity index (χ0n) is 14.8. The molecule has 0 radical (unpaired) electrons. The summed E-state index contributed by atoms with van der Waals surface area (Å²) in [6, 6.07) is 6.76. The molecule has 0 bridgehead atoms. The van der Waals surface area contributed by atoms with Gasteiger partial charge in [-0.25, -0.2) is 0 Å². The number of hydrogen-bond donors (Lipinski definition) is 2. The van der Waals surface area contributed by atoms with Crippen LogP contribution >= 0.6 is 0 Å². The summed E-state index contributed by atoms with van der Waals surface area (Å²) < 4.78 is 12.3. The molecule has 2 aromatic heterocycles. The monoisotopic (exact) mass is 360 g/mol. The molecule has 1 aliphatic rings. The van der Waals surface area contributed by atoms with Crippen molar-refractivity contribution < 1.29 is 18.7 Å². The number of methoxy groups -OCH3 is 1. The second-order valence-corrected chi connectivity index (χ2v) is 6.21. The molecule has 3 heterocycles. The van der Waals surface area contributed by atoms with Crippen LogP contribution in [-0.4, -0.2) is 60.7 Å². The van der Waals surface area contributed by atoms with Crippen LogP contribution in [0.4, 0.5) is 0 Å². The van der Waals surface area contributed by atoms with Gasteiger partial charge in [0, 0.05) is 32.9 Å². The van der Waals surface area contributed by atoms with E-state index in [1.807, 2.05) is 18.3 Å². The van der Waals surface area contributed by atoms with Crippen molar-refractivity contribution in [1.82, 2.24) is 20.1 Å². The Hall–Kier alpha value is -2.58. The van der Waals surface area contributed by atoms with Crippen LogP contribution in [0.2, 0.25) is 0 Å². The van der Waals surface area contributed by atoms with Crippen LogP contribution in [0.3, 0.4) is 0 Å². The van der Waals surface area contributed by atoms with E-state index in [0.717, 1.165) is 12.3 Å². The van der Waals surface area contributed by atoms with E-state index in [9.17, 15) is 9.59 Å². The Labute approximate surface area is 152 Å². The van der Waals surface area contributed by atoms with Crippen molar-refractivity contribution in [3.05, 3.63) is 48.2 Å². The van der Waals surface area contributed by atoms with Gasteiger partial charge in [0.1, 0.15) is 17.5 Å². The molecule has 2 N–H and O–H groups in total. The van der Waals surface area contributed by atoms with Gasteiger partial charge in [0.2, 0.25) is 5.91 Å². The van der Waals surface area contributed by atoms with Gasteiger partial charge >= 0.3 is 0 Å². The maximum Gasteiger partial charge on any atom is 0.268 e. The third-order valence-corrected chi connectivity index (χ3v) is 4.36. The molecular formula is C18H24N4O4. The Morgan fingerprint density at radius 1 is 1.42 bits per heavy atom. The standard InChI is InChI=1S/C18H24N4O4/c1-25-11-9-21(12-14-4-3-10-26-14)8-6-19-17(23)15-13-22-7-2-5-16(22)18(24)20-15/h2-5,7,10,15H,6,8-9,11-13H2,1H3,(H,19,23)(H,20,24). The molecule has 0 saturated carbocycles. The van der Waals surface area contributed by atoms with Crippen LogP contribution in [0.1, 0.15) is 16.2 Å². The van der Waals surface area contributed by atoms with Crippen molar-refractivity contribution in [2.24, 2.45) is 0 Å². The van der Waals surface area contributed by atoms with Crippen molar-refractivity contribution in [3.63, 3.8) is 0 Å². The number of rotatable bonds is 9. The van der Waals surface area contributed by atoms with Crippen LogP contribution in [-0.2, 0) is 22.6 Å². The number of amides is 2. The summed E-state index contributed by atoms with van der Waals surface area (Å²) in [5, 5.41) is 5.65. The van der Waals surface area contributed by atoms with Crippen LogP contribution in [0.15, 0.2) is 41.1 Å². The zero-order valence-corrected chi connectivity index (χ0v) is 14.8. The lowest BCUT2D eigenvalue weighted by molar-refractivity contribution is -0.123. The fourth-order valence-electron chi connectivity index (χ4n) is 2.98. The first-order valence-corrected chi connectivity index (χ1v) is 8.65. The summed E-state index contributed by atoms with van der Waals surface area (Å²) in [5.41, 5.74) is 0.582. The third-order valence-electron chi connectivity index (χ3n) is 4.36.